The Bertz CT molecular complexity index is 1230. The molecule has 0 unspecified atom stereocenters. The highest BCUT2D eigenvalue weighted by atomic mass is 32.2. The van der Waals surface area contributed by atoms with Crippen molar-refractivity contribution in [2.24, 2.45) is 0 Å². The lowest BCUT2D eigenvalue weighted by Crippen LogP contribution is -2.22. The van der Waals surface area contributed by atoms with Gasteiger partial charge in [-0.15, -0.1) is 0 Å². The van der Waals surface area contributed by atoms with Crippen molar-refractivity contribution in [3.63, 3.8) is 0 Å². The van der Waals surface area contributed by atoms with Gasteiger partial charge in [0.25, 0.3) is 0 Å². The van der Waals surface area contributed by atoms with Gasteiger partial charge in [0.1, 0.15) is 11.3 Å². The minimum absolute atomic E-state index is 0.226. The zero-order valence-electron chi connectivity index (χ0n) is 15.3. The molecular weight excluding hydrogens is 376 g/mol. The number of nitrogen functional groups attached to an aromatic ring is 1. The van der Waals surface area contributed by atoms with Crippen molar-refractivity contribution in [1.29, 1.82) is 0 Å². The Kier molecular flexibility index (Phi) is 4.37. The highest BCUT2D eigenvalue weighted by molar-refractivity contribution is 7.89. The second kappa shape index (κ2) is 6.74. The molecule has 0 saturated heterocycles. The Hall–Kier alpha value is -3.23. The number of fused-ring (bicyclic) bond motifs is 1. The van der Waals surface area contributed by atoms with Gasteiger partial charge in [0.2, 0.25) is 15.9 Å². The van der Waals surface area contributed by atoms with E-state index in [1.54, 1.807) is 30.5 Å². The maximum absolute atomic E-state index is 12.2. The van der Waals surface area contributed by atoms with E-state index >= 15 is 0 Å². The van der Waals surface area contributed by atoms with Gasteiger partial charge in [-0.2, -0.15) is 0 Å². The number of nitrogens with two attached hydrogens (primary N) is 1. The summed E-state index contributed by atoms with van der Waals surface area (Å²) in [6.45, 7) is 0. The number of para-hydroxylation sites is 2. The number of nitrogens with zero attached hydrogens (tertiary/aromatic N) is 3. The van der Waals surface area contributed by atoms with Crippen LogP contribution >= 0.6 is 0 Å². The van der Waals surface area contributed by atoms with Gasteiger partial charge in [0.05, 0.1) is 10.5 Å². The molecule has 0 atom stereocenters. The van der Waals surface area contributed by atoms with E-state index in [2.05, 4.69) is 9.97 Å². The Morgan fingerprint density at radius 1 is 1.00 bits per heavy atom. The van der Waals surface area contributed by atoms with E-state index in [0.717, 1.165) is 16.6 Å². The summed E-state index contributed by atoms with van der Waals surface area (Å²) in [6, 6.07) is 15.9. The van der Waals surface area contributed by atoms with Crippen molar-refractivity contribution >= 4 is 26.9 Å². The quantitative estimate of drug-likeness (QED) is 0.569. The molecule has 4 aromatic rings. The first-order chi connectivity index (χ1) is 13.4. The van der Waals surface area contributed by atoms with Crippen LogP contribution in [0.15, 0.2) is 70.1 Å². The van der Waals surface area contributed by atoms with Crippen LogP contribution in [0.25, 0.3) is 33.7 Å². The molecule has 2 aromatic carbocycles. The smallest absolute Gasteiger partial charge is 0.242 e. The summed E-state index contributed by atoms with van der Waals surface area (Å²) in [5.41, 5.74) is 9.61. The van der Waals surface area contributed by atoms with Gasteiger partial charge in [-0.3, -0.25) is 0 Å². The van der Waals surface area contributed by atoms with Gasteiger partial charge < -0.3 is 10.2 Å². The number of hydrogen-bond acceptors (Lipinski definition) is 6. The fraction of sp³-hybridized carbons (Fsp3) is 0.100. The van der Waals surface area contributed by atoms with Crippen LogP contribution < -0.4 is 5.73 Å². The van der Waals surface area contributed by atoms with Gasteiger partial charge in [0, 0.05) is 25.9 Å². The molecule has 0 amide bonds. The SMILES string of the molecule is CN(C)S(=O)(=O)c1ccc(-c2cnc(N)c(-c3nc4ccccc4o3)c2)cc1. The summed E-state index contributed by atoms with van der Waals surface area (Å²) in [4.78, 5) is 8.95. The topological polar surface area (TPSA) is 102 Å². The lowest BCUT2D eigenvalue weighted by molar-refractivity contribution is 0.521. The van der Waals surface area contributed by atoms with Crippen LogP contribution in [0, 0.1) is 0 Å². The van der Waals surface area contributed by atoms with Crippen LogP contribution in [0.4, 0.5) is 5.82 Å². The normalized spacial score (nSPS) is 12.0. The first-order valence-corrected chi connectivity index (χ1v) is 9.95. The monoisotopic (exact) mass is 394 g/mol. The first-order valence-electron chi connectivity index (χ1n) is 8.51. The Labute approximate surface area is 162 Å². The predicted octanol–water partition coefficient (Wildman–Crippen LogP) is 3.39. The van der Waals surface area contributed by atoms with Gasteiger partial charge in [-0.1, -0.05) is 24.3 Å². The van der Waals surface area contributed by atoms with Gasteiger partial charge in [-0.25, -0.2) is 22.7 Å². The summed E-state index contributed by atoms with van der Waals surface area (Å²) < 4.78 is 31.4. The molecule has 7 nitrogen and oxygen atoms in total. The van der Waals surface area contributed by atoms with Crippen LogP contribution in [-0.4, -0.2) is 36.8 Å². The lowest BCUT2D eigenvalue weighted by atomic mass is 10.1. The Morgan fingerprint density at radius 2 is 1.71 bits per heavy atom. The third-order valence-corrected chi connectivity index (χ3v) is 6.24. The van der Waals surface area contributed by atoms with Crippen LogP contribution in [0.2, 0.25) is 0 Å². The van der Waals surface area contributed by atoms with Gasteiger partial charge in [0.15, 0.2) is 5.58 Å². The van der Waals surface area contributed by atoms with Crippen molar-refractivity contribution in [3.05, 3.63) is 60.8 Å². The van der Waals surface area contributed by atoms with E-state index in [0.29, 0.717) is 22.9 Å². The third-order valence-electron chi connectivity index (χ3n) is 4.41. The number of sulfonamides is 1. The summed E-state index contributed by atoms with van der Waals surface area (Å²) in [6.07, 6.45) is 1.64. The fourth-order valence-electron chi connectivity index (χ4n) is 2.82. The molecule has 8 heteroatoms. The number of aromatic nitrogens is 2. The number of hydrogen-bond donors (Lipinski definition) is 1. The molecule has 2 heterocycles. The van der Waals surface area contributed by atoms with Crippen LogP contribution in [-0.2, 0) is 10.0 Å². The largest absolute Gasteiger partial charge is 0.436 e. The number of oxazole rings is 1. The summed E-state index contributed by atoms with van der Waals surface area (Å²) in [5, 5.41) is 0. The molecule has 4 rings (SSSR count). The summed E-state index contributed by atoms with van der Waals surface area (Å²) in [5.74, 6) is 0.696. The molecule has 142 valence electrons. The van der Waals surface area contributed by atoms with Crippen LogP contribution in [0.1, 0.15) is 0 Å². The zero-order valence-corrected chi connectivity index (χ0v) is 16.1. The van der Waals surface area contributed by atoms with E-state index in [9.17, 15) is 8.42 Å². The molecule has 0 saturated carbocycles. The molecule has 0 radical (unpaired) electrons. The predicted molar refractivity (Wildman–Crippen MR) is 108 cm³/mol. The van der Waals surface area contributed by atoms with E-state index in [4.69, 9.17) is 10.2 Å². The van der Waals surface area contributed by atoms with Crippen molar-refractivity contribution in [2.45, 2.75) is 4.90 Å². The van der Waals surface area contributed by atoms with Gasteiger partial charge >= 0.3 is 0 Å². The third kappa shape index (κ3) is 3.12. The number of rotatable bonds is 4. The molecule has 0 aliphatic rings. The maximum atomic E-state index is 12.2. The Balaban J connectivity index is 1.75. The van der Waals surface area contributed by atoms with Crippen molar-refractivity contribution in [2.75, 3.05) is 19.8 Å². The maximum Gasteiger partial charge on any atom is 0.242 e. The van der Waals surface area contributed by atoms with E-state index in [1.165, 1.54) is 18.4 Å². The molecular formula is C20H18N4O3S. The van der Waals surface area contributed by atoms with Crippen molar-refractivity contribution < 1.29 is 12.8 Å². The van der Waals surface area contributed by atoms with E-state index < -0.39 is 10.0 Å². The number of benzene rings is 2. The van der Waals surface area contributed by atoms with Gasteiger partial charge in [-0.05, 0) is 35.9 Å². The second-order valence-corrected chi connectivity index (χ2v) is 8.61. The van der Waals surface area contributed by atoms with Crippen LogP contribution in [0.5, 0.6) is 0 Å². The summed E-state index contributed by atoms with van der Waals surface area (Å²) >= 11 is 0. The highest BCUT2D eigenvalue weighted by Gasteiger charge is 2.17. The molecule has 0 aliphatic carbocycles. The van der Waals surface area contributed by atoms with Crippen molar-refractivity contribution in [1.82, 2.24) is 14.3 Å². The van der Waals surface area contributed by atoms with Crippen LogP contribution in [0.3, 0.4) is 0 Å². The molecule has 28 heavy (non-hydrogen) atoms. The standard InChI is InChI=1S/C20H18N4O3S/c1-24(2)28(25,26)15-9-7-13(8-10-15)14-11-16(19(21)22-12-14)20-23-17-5-3-4-6-18(17)27-20/h3-12H,1-2H3,(H2,21,22). The molecule has 0 aliphatic heterocycles. The lowest BCUT2D eigenvalue weighted by Gasteiger charge is -2.12. The van der Waals surface area contributed by atoms with E-state index in [1.807, 2.05) is 30.3 Å². The average molecular weight is 394 g/mol. The number of pyridine rings is 1. The minimum atomic E-state index is -3.48. The number of anilines is 1. The molecule has 0 spiro atoms. The highest BCUT2D eigenvalue weighted by Crippen LogP contribution is 2.31. The second-order valence-electron chi connectivity index (χ2n) is 6.46. The van der Waals surface area contributed by atoms with Crippen molar-refractivity contribution in [3.8, 4) is 22.6 Å². The zero-order chi connectivity index (χ0) is 19.9. The molecule has 2 N–H and O–H groups in total. The first kappa shape index (κ1) is 18.1. The Morgan fingerprint density at radius 3 is 2.39 bits per heavy atom. The van der Waals surface area contributed by atoms with E-state index in [-0.39, 0.29) is 4.90 Å². The summed E-state index contributed by atoms with van der Waals surface area (Å²) in [7, 11) is -0.476. The minimum Gasteiger partial charge on any atom is -0.436 e. The molecule has 2 aromatic heterocycles. The molecule has 0 bridgehead atoms. The average Bonchev–Trinajstić information content (AvgIpc) is 3.12. The molecule has 0 fully saturated rings. The fourth-order valence-corrected chi connectivity index (χ4v) is 3.72.